The zero-order valence-corrected chi connectivity index (χ0v) is 17.5. The summed E-state index contributed by atoms with van der Waals surface area (Å²) in [4.78, 5) is 12.8. The van der Waals surface area contributed by atoms with E-state index in [0.29, 0.717) is 25.6 Å². The zero-order valence-electron chi connectivity index (χ0n) is 16.7. The normalized spacial score (nSPS) is 21.3. The van der Waals surface area contributed by atoms with Gasteiger partial charge in [-0.3, -0.25) is 4.90 Å². The monoisotopic (exact) mass is 437 g/mol. The van der Waals surface area contributed by atoms with Crippen molar-refractivity contribution in [3.05, 3.63) is 23.5 Å². The van der Waals surface area contributed by atoms with Crippen LogP contribution >= 0.6 is 11.5 Å². The van der Waals surface area contributed by atoms with Gasteiger partial charge in [0.05, 0.1) is 29.6 Å². The Balaban J connectivity index is 1.49. The first-order valence-corrected chi connectivity index (χ1v) is 10.5. The maximum atomic E-state index is 13.1. The Bertz CT molecular complexity index is 962. The summed E-state index contributed by atoms with van der Waals surface area (Å²) in [6.45, 7) is 5.07. The molecule has 1 unspecified atom stereocenters. The van der Waals surface area contributed by atoms with E-state index in [9.17, 15) is 18.4 Å². The van der Waals surface area contributed by atoms with E-state index in [4.69, 9.17) is 0 Å². The molecule has 2 aliphatic rings. The van der Waals surface area contributed by atoms with Gasteiger partial charge in [-0.2, -0.15) is 27.8 Å². The third-order valence-electron chi connectivity index (χ3n) is 5.81. The van der Waals surface area contributed by atoms with Crippen molar-refractivity contribution in [1.82, 2.24) is 19.2 Å². The molecule has 1 N–H and O–H groups in total. The predicted molar refractivity (Wildman–Crippen MR) is 108 cm³/mol. The fourth-order valence-corrected chi connectivity index (χ4v) is 4.84. The quantitative estimate of drug-likeness (QED) is 0.765. The average molecular weight is 437 g/mol. The minimum atomic E-state index is -4.19. The van der Waals surface area contributed by atoms with Crippen LogP contribution in [0.25, 0.3) is 0 Å². The molecule has 4 heterocycles. The standard InChI is InChI=1S/C19H22F3N7S/c1-12-8-24-17(25-15-7-13(2)27-30-15)26-16(12)28-10-18(11-28,4-5-23)29-6-3-14(9-29)19(20,21)22/h7-8,14H,3-4,6,9-11H2,1-2H3,(H,24,25,26). The molecule has 0 aliphatic carbocycles. The molecular weight excluding hydrogens is 415 g/mol. The summed E-state index contributed by atoms with van der Waals surface area (Å²) in [5, 5.41) is 13.3. The van der Waals surface area contributed by atoms with E-state index >= 15 is 0 Å². The number of aromatic nitrogens is 3. The van der Waals surface area contributed by atoms with Gasteiger partial charge in [-0.05, 0) is 44.4 Å². The number of anilines is 3. The van der Waals surface area contributed by atoms with Crippen LogP contribution in [0, 0.1) is 31.1 Å². The Morgan fingerprint density at radius 2 is 2.13 bits per heavy atom. The predicted octanol–water partition coefficient (Wildman–Crippen LogP) is 3.65. The van der Waals surface area contributed by atoms with Gasteiger partial charge < -0.3 is 10.2 Å². The van der Waals surface area contributed by atoms with E-state index in [-0.39, 0.29) is 19.4 Å². The number of hydrogen-bond donors (Lipinski definition) is 1. The molecule has 30 heavy (non-hydrogen) atoms. The number of nitrogens with zero attached hydrogens (tertiary/aromatic N) is 6. The van der Waals surface area contributed by atoms with Crippen LogP contribution in [0.15, 0.2) is 12.3 Å². The summed E-state index contributed by atoms with van der Waals surface area (Å²) in [6.07, 6.45) is -2.18. The molecule has 1 atom stereocenters. The maximum Gasteiger partial charge on any atom is 0.393 e. The molecular formula is C19H22F3N7S. The van der Waals surface area contributed by atoms with E-state index in [2.05, 4.69) is 25.7 Å². The molecule has 0 bridgehead atoms. The van der Waals surface area contributed by atoms with Crippen molar-refractivity contribution in [2.75, 3.05) is 36.4 Å². The Morgan fingerprint density at radius 1 is 1.37 bits per heavy atom. The number of likely N-dealkylation sites (tertiary alicyclic amines) is 1. The molecule has 0 spiro atoms. The zero-order chi connectivity index (χ0) is 21.5. The van der Waals surface area contributed by atoms with Crippen molar-refractivity contribution in [2.24, 2.45) is 5.92 Å². The van der Waals surface area contributed by atoms with Crippen LogP contribution in [0.2, 0.25) is 0 Å². The van der Waals surface area contributed by atoms with Crippen molar-refractivity contribution in [2.45, 2.75) is 38.4 Å². The summed E-state index contributed by atoms with van der Waals surface area (Å²) in [7, 11) is 0. The van der Waals surface area contributed by atoms with Gasteiger partial charge in [-0.1, -0.05) is 0 Å². The molecule has 4 rings (SSSR count). The fraction of sp³-hybridized carbons (Fsp3) is 0.579. The van der Waals surface area contributed by atoms with Gasteiger partial charge in [0.25, 0.3) is 0 Å². The number of rotatable bonds is 5. The summed E-state index contributed by atoms with van der Waals surface area (Å²) < 4.78 is 43.6. The first kappa shape index (κ1) is 20.8. The number of alkyl halides is 3. The lowest BCUT2D eigenvalue weighted by Gasteiger charge is -2.55. The first-order chi connectivity index (χ1) is 14.2. The van der Waals surface area contributed by atoms with Crippen molar-refractivity contribution < 1.29 is 13.2 Å². The lowest BCUT2D eigenvalue weighted by molar-refractivity contribution is -0.171. The van der Waals surface area contributed by atoms with Crippen LogP contribution in [-0.4, -0.2) is 57.1 Å². The number of nitriles is 1. The lowest BCUT2D eigenvalue weighted by Crippen LogP contribution is -2.70. The Labute approximate surface area is 176 Å². The van der Waals surface area contributed by atoms with Crippen molar-refractivity contribution in [3.63, 3.8) is 0 Å². The van der Waals surface area contributed by atoms with Gasteiger partial charge in [0.1, 0.15) is 10.8 Å². The molecule has 2 aliphatic heterocycles. The molecule has 160 valence electrons. The topological polar surface area (TPSA) is 81.0 Å². The van der Waals surface area contributed by atoms with Crippen molar-refractivity contribution in [3.8, 4) is 6.07 Å². The molecule has 7 nitrogen and oxygen atoms in total. The molecule has 0 radical (unpaired) electrons. The highest BCUT2D eigenvalue weighted by atomic mass is 32.1. The van der Waals surface area contributed by atoms with Crippen LogP contribution < -0.4 is 10.2 Å². The third kappa shape index (κ3) is 3.94. The largest absolute Gasteiger partial charge is 0.393 e. The van der Waals surface area contributed by atoms with E-state index < -0.39 is 17.6 Å². The highest BCUT2D eigenvalue weighted by Gasteiger charge is 2.53. The van der Waals surface area contributed by atoms with Crippen LogP contribution in [-0.2, 0) is 0 Å². The highest BCUT2D eigenvalue weighted by molar-refractivity contribution is 7.10. The SMILES string of the molecule is Cc1cc(Nc2ncc(C)c(N3CC(CC#N)(N4CCC(C(F)(F)F)C4)C3)n2)sn1. The molecule has 0 aromatic carbocycles. The first-order valence-electron chi connectivity index (χ1n) is 9.68. The average Bonchev–Trinajstić information content (AvgIpc) is 3.29. The van der Waals surface area contributed by atoms with E-state index in [1.807, 2.05) is 29.7 Å². The van der Waals surface area contributed by atoms with Crippen LogP contribution in [0.5, 0.6) is 0 Å². The second kappa shape index (κ2) is 7.67. The summed E-state index contributed by atoms with van der Waals surface area (Å²) >= 11 is 1.32. The van der Waals surface area contributed by atoms with Crippen LogP contribution in [0.1, 0.15) is 24.1 Å². The third-order valence-corrected chi connectivity index (χ3v) is 6.60. The minimum Gasteiger partial charge on any atom is -0.352 e. The molecule has 2 fully saturated rings. The summed E-state index contributed by atoms with van der Waals surface area (Å²) in [5.41, 5.74) is 1.22. The minimum absolute atomic E-state index is 0.0424. The molecule has 0 amide bonds. The van der Waals surface area contributed by atoms with E-state index in [1.54, 1.807) is 6.20 Å². The van der Waals surface area contributed by atoms with Crippen molar-refractivity contribution >= 4 is 28.3 Å². The van der Waals surface area contributed by atoms with Gasteiger partial charge in [-0.15, -0.1) is 0 Å². The number of nitrogens with one attached hydrogen (secondary N) is 1. The number of aryl methyl sites for hydroxylation is 2. The molecule has 11 heteroatoms. The Hall–Kier alpha value is -2.45. The van der Waals surface area contributed by atoms with Gasteiger partial charge in [-0.25, -0.2) is 4.98 Å². The molecule has 2 saturated heterocycles. The Morgan fingerprint density at radius 3 is 2.73 bits per heavy atom. The number of hydrogen-bond acceptors (Lipinski definition) is 8. The van der Waals surface area contributed by atoms with Crippen molar-refractivity contribution in [1.29, 1.82) is 5.26 Å². The highest BCUT2D eigenvalue weighted by Crippen LogP contribution is 2.42. The van der Waals surface area contributed by atoms with E-state index in [1.165, 1.54) is 11.5 Å². The fourth-order valence-electron chi connectivity index (χ4n) is 4.19. The second-order valence-electron chi connectivity index (χ2n) is 8.05. The molecule has 2 aromatic rings. The van der Waals surface area contributed by atoms with Gasteiger partial charge >= 0.3 is 6.18 Å². The lowest BCUT2D eigenvalue weighted by atomic mass is 9.84. The van der Waals surface area contributed by atoms with Crippen LogP contribution in [0.4, 0.5) is 29.9 Å². The van der Waals surface area contributed by atoms with E-state index in [0.717, 1.165) is 22.1 Å². The molecule has 2 aromatic heterocycles. The van der Waals surface area contributed by atoms with Gasteiger partial charge in [0.2, 0.25) is 5.95 Å². The Kier molecular flexibility index (Phi) is 5.32. The summed E-state index contributed by atoms with van der Waals surface area (Å²) in [6, 6.07) is 4.08. The smallest absolute Gasteiger partial charge is 0.352 e. The van der Waals surface area contributed by atoms with Gasteiger partial charge in [0, 0.05) is 31.4 Å². The summed E-state index contributed by atoms with van der Waals surface area (Å²) in [5.74, 6) is -0.147. The maximum absolute atomic E-state index is 13.1. The molecule has 0 saturated carbocycles. The van der Waals surface area contributed by atoms with Gasteiger partial charge in [0.15, 0.2) is 0 Å². The van der Waals surface area contributed by atoms with Crippen LogP contribution in [0.3, 0.4) is 0 Å². The second-order valence-corrected chi connectivity index (χ2v) is 8.85. The number of halogens is 3.